The Morgan fingerprint density at radius 2 is 1.57 bits per heavy atom. The number of ether oxygens (including phenoxy) is 1. The van der Waals surface area contributed by atoms with Crippen molar-refractivity contribution in [3.05, 3.63) is 65.5 Å². The quantitative estimate of drug-likeness (QED) is 0.787. The van der Waals surface area contributed by atoms with Gasteiger partial charge in [0, 0.05) is 5.33 Å². The second-order valence-corrected chi connectivity index (χ2v) is 5.58. The summed E-state index contributed by atoms with van der Waals surface area (Å²) in [6.45, 7) is 2.49. The highest BCUT2D eigenvalue weighted by atomic mass is 79.9. The summed E-state index contributed by atoms with van der Waals surface area (Å²) in [5.41, 5.74) is 0.324. The molecule has 1 N–H and O–H groups in total. The Morgan fingerprint density at radius 3 is 2.05 bits per heavy atom. The van der Waals surface area contributed by atoms with E-state index in [9.17, 15) is 9.50 Å². The predicted molar refractivity (Wildman–Crippen MR) is 85.4 cm³/mol. The highest BCUT2D eigenvalue weighted by Gasteiger charge is 2.29. The van der Waals surface area contributed by atoms with E-state index in [-0.39, 0.29) is 5.82 Å². The number of halogens is 2. The molecule has 1 atom stereocenters. The van der Waals surface area contributed by atoms with Crippen molar-refractivity contribution in [2.45, 2.75) is 18.9 Å². The lowest BCUT2D eigenvalue weighted by molar-refractivity contribution is 0.0764. The van der Waals surface area contributed by atoms with Gasteiger partial charge in [-0.3, -0.25) is 0 Å². The van der Waals surface area contributed by atoms with E-state index >= 15 is 0 Å². The molecule has 0 bridgehead atoms. The van der Waals surface area contributed by atoms with E-state index in [4.69, 9.17) is 4.74 Å². The van der Waals surface area contributed by atoms with E-state index in [0.29, 0.717) is 18.6 Å². The molecule has 2 rings (SSSR count). The molecule has 0 spiro atoms. The van der Waals surface area contributed by atoms with Crippen LogP contribution in [0.3, 0.4) is 0 Å². The molecule has 2 aromatic carbocycles. The molecule has 0 aliphatic carbocycles. The fraction of sp³-hybridized carbons (Fsp3) is 0.294. The zero-order valence-electron chi connectivity index (χ0n) is 11.9. The van der Waals surface area contributed by atoms with Gasteiger partial charge >= 0.3 is 0 Å². The Hall–Kier alpha value is -1.39. The van der Waals surface area contributed by atoms with E-state index < -0.39 is 5.60 Å². The molecule has 0 heterocycles. The molecule has 2 nitrogen and oxygen atoms in total. The Morgan fingerprint density at radius 1 is 1.05 bits per heavy atom. The zero-order chi connectivity index (χ0) is 15.3. The minimum Gasteiger partial charge on any atom is -0.493 e. The third kappa shape index (κ3) is 3.63. The summed E-state index contributed by atoms with van der Waals surface area (Å²) in [4.78, 5) is 0. The molecule has 0 amide bonds. The van der Waals surface area contributed by atoms with Gasteiger partial charge in [-0.2, -0.15) is 0 Å². The summed E-state index contributed by atoms with van der Waals surface area (Å²) >= 11 is 3.31. The molecule has 0 saturated carbocycles. The number of hydrogen-bond acceptors (Lipinski definition) is 2. The minimum atomic E-state index is -1.12. The molecule has 0 radical (unpaired) electrons. The number of benzene rings is 2. The van der Waals surface area contributed by atoms with Crippen LogP contribution in [-0.4, -0.2) is 17.0 Å². The van der Waals surface area contributed by atoms with E-state index in [1.807, 2.05) is 31.2 Å². The Kier molecular flexibility index (Phi) is 5.37. The van der Waals surface area contributed by atoms with Gasteiger partial charge in [0.05, 0.1) is 6.61 Å². The SMILES string of the molecule is CCC(O)(c1ccc(F)cc1)c1ccc(OCCBr)cc1. The molecule has 112 valence electrons. The lowest BCUT2D eigenvalue weighted by Gasteiger charge is -2.28. The van der Waals surface area contributed by atoms with Crippen molar-refractivity contribution in [1.29, 1.82) is 0 Å². The van der Waals surface area contributed by atoms with Gasteiger partial charge in [-0.25, -0.2) is 4.39 Å². The van der Waals surface area contributed by atoms with Gasteiger partial charge in [-0.15, -0.1) is 0 Å². The van der Waals surface area contributed by atoms with Gasteiger partial charge in [0.1, 0.15) is 17.2 Å². The second kappa shape index (κ2) is 7.05. The fourth-order valence-electron chi connectivity index (χ4n) is 2.28. The summed E-state index contributed by atoms with van der Waals surface area (Å²) in [6.07, 6.45) is 0.500. The number of rotatable bonds is 6. The van der Waals surface area contributed by atoms with Crippen molar-refractivity contribution in [1.82, 2.24) is 0 Å². The summed E-state index contributed by atoms with van der Waals surface area (Å²) in [6, 6.07) is 13.3. The highest BCUT2D eigenvalue weighted by molar-refractivity contribution is 9.09. The van der Waals surface area contributed by atoms with Crippen molar-refractivity contribution in [2.75, 3.05) is 11.9 Å². The van der Waals surface area contributed by atoms with E-state index in [1.54, 1.807) is 12.1 Å². The van der Waals surface area contributed by atoms with Crippen LogP contribution in [0.4, 0.5) is 4.39 Å². The maximum atomic E-state index is 13.1. The van der Waals surface area contributed by atoms with Gasteiger partial charge in [0.2, 0.25) is 0 Å². The smallest absolute Gasteiger partial charge is 0.123 e. The Labute approximate surface area is 132 Å². The third-order valence-corrected chi connectivity index (χ3v) is 3.83. The number of alkyl halides is 1. The maximum Gasteiger partial charge on any atom is 0.123 e. The largest absolute Gasteiger partial charge is 0.493 e. The Bertz CT molecular complexity index is 568. The van der Waals surface area contributed by atoms with Crippen molar-refractivity contribution in [2.24, 2.45) is 0 Å². The highest BCUT2D eigenvalue weighted by Crippen LogP contribution is 2.33. The van der Waals surface area contributed by atoms with E-state index in [0.717, 1.165) is 16.6 Å². The van der Waals surface area contributed by atoms with Crippen molar-refractivity contribution < 1.29 is 14.2 Å². The lowest BCUT2D eigenvalue weighted by atomic mass is 9.84. The molecule has 2 aromatic rings. The molecular weight excluding hydrogens is 335 g/mol. The molecule has 0 saturated heterocycles. The van der Waals surface area contributed by atoms with Gasteiger partial charge in [-0.1, -0.05) is 47.1 Å². The monoisotopic (exact) mass is 352 g/mol. The summed E-state index contributed by atoms with van der Waals surface area (Å²) in [5, 5.41) is 11.7. The molecule has 4 heteroatoms. The van der Waals surface area contributed by atoms with Crippen LogP contribution in [0.2, 0.25) is 0 Å². The molecule has 21 heavy (non-hydrogen) atoms. The van der Waals surface area contributed by atoms with Gasteiger partial charge in [-0.05, 0) is 41.8 Å². The first-order valence-electron chi connectivity index (χ1n) is 6.88. The van der Waals surface area contributed by atoms with Crippen LogP contribution in [0.25, 0.3) is 0 Å². The van der Waals surface area contributed by atoms with Gasteiger partial charge in [0.25, 0.3) is 0 Å². The second-order valence-electron chi connectivity index (χ2n) is 4.78. The first kappa shape index (κ1) is 16.0. The third-order valence-electron chi connectivity index (χ3n) is 3.51. The maximum absolute atomic E-state index is 13.1. The Balaban J connectivity index is 2.29. The predicted octanol–water partition coefficient (Wildman–Crippen LogP) is 4.25. The average molecular weight is 353 g/mol. The number of hydrogen-bond donors (Lipinski definition) is 1. The molecule has 1 unspecified atom stereocenters. The first-order valence-corrected chi connectivity index (χ1v) is 8.00. The molecule has 0 aliphatic rings. The molecule has 0 aromatic heterocycles. The normalized spacial score (nSPS) is 13.7. The lowest BCUT2D eigenvalue weighted by Crippen LogP contribution is -2.26. The van der Waals surface area contributed by atoms with Crippen LogP contribution in [0.15, 0.2) is 48.5 Å². The van der Waals surface area contributed by atoms with Gasteiger partial charge in [0.15, 0.2) is 0 Å². The van der Waals surface area contributed by atoms with Crippen LogP contribution in [-0.2, 0) is 5.60 Å². The van der Waals surface area contributed by atoms with E-state index in [1.165, 1.54) is 12.1 Å². The van der Waals surface area contributed by atoms with Crippen molar-refractivity contribution in [3.8, 4) is 5.75 Å². The van der Waals surface area contributed by atoms with Crippen LogP contribution in [0.5, 0.6) is 5.75 Å². The fourth-order valence-corrected chi connectivity index (χ4v) is 2.45. The molecular formula is C17H18BrFO2. The van der Waals surface area contributed by atoms with Crippen LogP contribution < -0.4 is 4.74 Å². The van der Waals surface area contributed by atoms with Crippen molar-refractivity contribution in [3.63, 3.8) is 0 Å². The zero-order valence-corrected chi connectivity index (χ0v) is 13.4. The van der Waals surface area contributed by atoms with Crippen LogP contribution >= 0.6 is 15.9 Å². The van der Waals surface area contributed by atoms with Crippen molar-refractivity contribution >= 4 is 15.9 Å². The summed E-state index contributed by atoms with van der Waals surface area (Å²) in [5.74, 6) is 0.450. The molecule has 0 fully saturated rings. The van der Waals surface area contributed by atoms with Gasteiger partial charge < -0.3 is 9.84 Å². The molecule has 0 aliphatic heterocycles. The first-order chi connectivity index (χ1) is 10.1. The summed E-state index contributed by atoms with van der Waals surface area (Å²) in [7, 11) is 0. The minimum absolute atomic E-state index is 0.310. The topological polar surface area (TPSA) is 29.5 Å². The average Bonchev–Trinajstić information content (AvgIpc) is 2.53. The summed E-state index contributed by atoms with van der Waals surface area (Å²) < 4.78 is 18.6. The number of aliphatic hydroxyl groups is 1. The van der Waals surface area contributed by atoms with E-state index in [2.05, 4.69) is 15.9 Å². The van der Waals surface area contributed by atoms with Crippen LogP contribution in [0, 0.1) is 5.82 Å². The standard InChI is InChI=1S/C17H18BrFO2/c1-2-17(20,13-3-7-15(19)8-4-13)14-5-9-16(10-6-14)21-12-11-18/h3-10,20H,2,11-12H2,1H3. The van der Waals surface area contributed by atoms with Crippen LogP contribution in [0.1, 0.15) is 24.5 Å².